The maximum Gasteiger partial charge on any atom is 0.151 e. The Morgan fingerprint density at radius 1 is 1.31 bits per heavy atom. The summed E-state index contributed by atoms with van der Waals surface area (Å²) < 4.78 is 0. The zero-order valence-corrected chi connectivity index (χ0v) is 14.4. The molecular formula is C12H24N2OZn-2. The average molecular weight is 278 g/mol. The fourth-order valence-corrected chi connectivity index (χ4v) is 0.982. The van der Waals surface area contributed by atoms with Crippen LogP contribution in [0.4, 0.5) is 0 Å². The smallest absolute Gasteiger partial charge is 0.151 e. The standard InChI is InChI=1S/C10H20N2O.C2H5.Zn/c1-9(8-10(2)13)11-6-5-7-12(3)4;1-2;/h8H,5-7H2,1-4H3,(H,11,13);1H2,2H3;/q;-1;/p-1. The third-order valence-electron chi connectivity index (χ3n) is 1.54. The molecule has 3 nitrogen and oxygen atoms in total. The number of carbonyl (C=O) groups excluding carboxylic acids is 1. The van der Waals surface area contributed by atoms with Gasteiger partial charge in [-0.3, -0.25) is 4.79 Å². The Labute approximate surface area is 113 Å². The van der Waals surface area contributed by atoms with Crippen molar-refractivity contribution in [3.63, 3.8) is 0 Å². The van der Waals surface area contributed by atoms with Crippen molar-refractivity contribution in [1.82, 2.24) is 4.90 Å². The number of carbonyl (C=O) groups is 1. The molecule has 0 atom stereocenters. The zero-order valence-electron chi connectivity index (χ0n) is 11.4. The minimum Gasteiger partial charge on any atom is -0.688 e. The first-order chi connectivity index (χ1) is 7.02. The number of hydrogen-bond donors (Lipinski definition) is 0. The summed E-state index contributed by atoms with van der Waals surface area (Å²) in [6, 6.07) is 0. The van der Waals surface area contributed by atoms with Gasteiger partial charge in [-0.15, -0.1) is 6.54 Å². The van der Waals surface area contributed by atoms with Gasteiger partial charge in [-0.05, 0) is 33.6 Å². The molecule has 0 amide bonds. The molecule has 0 aromatic rings. The van der Waals surface area contributed by atoms with E-state index in [4.69, 9.17) is 0 Å². The summed E-state index contributed by atoms with van der Waals surface area (Å²) in [5.41, 5.74) is 0.825. The monoisotopic (exact) mass is 276 g/mol. The van der Waals surface area contributed by atoms with Crippen LogP contribution in [0, 0.1) is 6.92 Å². The van der Waals surface area contributed by atoms with Gasteiger partial charge in [-0.25, -0.2) is 0 Å². The number of nitrogens with zero attached hydrogens (tertiary/aromatic N) is 2. The molecule has 0 saturated heterocycles. The van der Waals surface area contributed by atoms with E-state index in [2.05, 4.69) is 17.1 Å². The maximum absolute atomic E-state index is 10.7. The second-order valence-corrected chi connectivity index (χ2v) is 3.43. The minimum absolute atomic E-state index is 0. The van der Waals surface area contributed by atoms with Crippen molar-refractivity contribution in [2.75, 3.05) is 27.2 Å². The van der Waals surface area contributed by atoms with Gasteiger partial charge in [-0.1, -0.05) is 13.3 Å². The van der Waals surface area contributed by atoms with Crippen LogP contribution in [0.1, 0.15) is 27.2 Å². The summed E-state index contributed by atoms with van der Waals surface area (Å²) in [7, 11) is 4.08. The normalized spacial score (nSPS) is 10.1. The van der Waals surface area contributed by atoms with Gasteiger partial charge in [0, 0.05) is 19.5 Å². The Bertz CT molecular complexity index is 191. The van der Waals surface area contributed by atoms with E-state index in [1.165, 1.54) is 0 Å². The summed E-state index contributed by atoms with van der Waals surface area (Å²) in [6.07, 6.45) is 2.60. The third-order valence-corrected chi connectivity index (χ3v) is 1.54. The van der Waals surface area contributed by atoms with Crippen LogP contribution in [0.25, 0.3) is 5.32 Å². The summed E-state index contributed by atoms with van der Waals surface area (Å²) in [5.74, 6) is 0.0638. The van der Waals surface area contributed by atoms with Gasteiger partial charge in [0.15, 0.2) is 5.78 Å². The predicted octanol–water partition coefficient (Wildman–Crippen LogP) is 2.64. The molecule has 0 aliphatic heterocycles. The molecule has 92 valence electrons. The van der Waals surface area contributed by atoms with Gasteiger partial charge >= 0.3 is 0 Å². The molecule has 0 aromatic heterocycles. The Kier molecular flexibility index (Phi) is 19.5. The summed E-state index contributed by atoms with van der Waals surface area (Å²) in [4.78, 5) is 12.8. The van der Waals surface area contributed by atoms with E-state index in [0.717, 1.165) is 25.2 Å². The van der Waals surface area contributed by atoms with Crippen LogP contribution in [0.3, 0.4) is 0 Å². The van der Waals surface area contributed by atoms with E-state index in [9.17, 15) is 4.79 Å². The summed E-state index contributed by atoms with van der Waals surface area (Å²) in [6.45, 7) is 10.2. The zero-order chi connectivity index (χ0) is 12.3. The van der Waals surface area contributed by atoms with Gasteiger partial charge in [0.25, 0.3) is 0 Å². The maximum atomic E-state index is 10.7. The average Bonchev–Trinajstić information content (AvgIpc) is 2.14. The largest absolute Gasteiger partial charge is 0.688 e. The van der Waals surface area contributed by atoms with E-state index in [1.54, 1.807) is 19.9 Å². The molecule has 0 radical (unpaired) electrons. The van der Waals surface area contributed by atoms with Crippen molar-refractivity contribution >= 4 is 5.78 Å². The topological polar surface area (TPSA) is 34.4 Å². The fourth-order valence-electron chi connectivity index (χ4n) is 0.982. The van der Waals surface area contributed by atoms with Gasteiger partial charge in [0.1, 0.15) is 0 Å². The first-order valence-electron chi connectivity index (χ1n) is 5.24. The predicted molar refractivity (Wildman–Crippen MR) is 66.9 cm³/mol. The van der Waals surface area contributed by atoms with Crippen molar-refractivity contribution in [3.8, 4) is 0 Å². The number of allylic oxidation sites excluding steroid dienone is 2. The first-order valence-corrected chi connectivity index (χ1v) is 5.24. The third kappa shape index (κ3) is 19.4. The first kappa shape index (κ1) is 21.1. The van der Waals surface area contributed by atoms with Crippen LogP contribution in [0.5, 0.6) is 0 Å². The molecular weight excluding hydrogens is 254 g/mol. The quantitative estimate of drug-likeness (QED) is 0.324. The molecule has 0 aromatic carbocycles. The van der Waals surface area contributed by atoms with E-state index >= 15 is 0 Å². The van der Waals surface area contributed by atoms with Crippen LogP contribution >= 0.6 is 0 Å². The Morgan fingerprint density at radius 3 is 2.19 bits per heavy atom. The van der Waals surface area contributed by atoms with Crippen molar-refractivity contribution in [2.24, 2.45) is 0 Å². The van der Waals surface area contributed by atoms with Crippen molar-refractivity contribution in [2.45, 2.75) is 27.2 Å². The summed E-state index contributed by atoms with van der Waals surface area (Å²) >= 11 is 0. The minimum atomic E-state index is 0. The fraction of sp³-hybridized carbons (Fsp3) is 0.667. The molecule has 0 aliphatic rings. The molecule has 0 unspecified atom stereocenters. The summed E-state index contributed by atoms with van der Waals surface area (Å²) in [5, 5.41) is 4.25. The SMILES string of the molecule is CC(=O)/C=C(/C)[N-]CCCN(C)C.[CH2-]C.[Zn]. The molecule has 0 rings (SSSR count). The Hall–Kier alpha value is -0.207. The van der Waals surface area contributed by atoms with Crippen molar-refractivity contribution < 1.29 is 24.3 Å². The van der Waals surface area contributed by atoms with Crippen molar-refractivity contribution in [3.05, 3.63) is 24.0 Å². The number of ketones is 1. The van der Waals surface area contributed by atoms with Gasteiger partial charge in [-0.2, -0.15) is 12.6 Å². The van der Waals surface area contributed by atoms with E-state index in [1.807, 2.05) is 21.0 Å². The van der Waals surface area contributed by atoms with E-state index < -0.39 is 0 Å². The molecule has 16 heavy (non-hydrogen) atoms. The second kappa shape index (κ2) is 14.8. The Balaban J connectivity index is -0.000000529. The van der Waals surface area contributed by atoms with Crippen LogP contribution in [-0.4, -0.2) is 37.9 Å². The molecule has 0 spiro atoms. The number of hydrogen-bond acceptors (Lipinski definition) is 2. The Morgan fingerprint density at radius 2 is 1.81 bits per heavy atom. The van der Waals surface area contributed by atoms with Gasteiger partial charge in [0.05, 0.1) is 0 Å². The molecule has 0 bridgehead atoms. The molecule has 4 heteroatoms. The van der Waals surface area contributed by atoms with Crippen LogP contribution in [-0.2, 0) is 24.3 Å². The van der Waals surface area contributed by atoms with Crippen LogP contribution in [0.15, 0.2) is 11.8 Å². The van der Waals surface area contributed by atoms with Crippen LogP contribution < -0.4 is 0 Å². The molecule has 0 fully saturated rings. The van der Waals surface area contributed by atoms with Crippen LogP contribution in [0.2, 0.25) is 0 Å². The van der Waals surface area contributed by atoms with Crippen molar-refractivity contribution in [1.29, 1.82) is 0 Å². The van der Waals surface area contributed by atoms with E-state index in [0.29, 0.717) is 0 Å². The molecule has 0 saturated carbocycles. The molecule has 0 aliphatic carbocycles. The van der Waals surface area contributed by atoms with Gasteiger partial charge in [0.2, 0.25) is 0 Å². The van der Waals surface area contributed by atoms with Gasteiger partial charge < -0.3 is 17.1 Å². The number of rotatable bonds is 6. The second-order valence-electron chi connectivity index (χ2n) is 3.43. The van der Waals surface area contributed by atoms with E-state index in [-0.39, 0.29) is 25.3 Å². The molecule has 0 heterocycles. The molecule has 0 N–H and O–H groups in total.